The summed E-state index contributed by atoms with van der Waals surface area (Å²) in [6.45, 7) is 0. The molecule has 0 radical (unpaired) electrons. The van der Waals surface area contributed by atoms with E-state index in [2.05, 4.69) is 170 Å². The normalized spacial score (nSPS) is 11.6. The van der Waals surface area contributed by atoms with Crippen molar-refractivity contribution in [3.63, 3.8) is 0 Å². The maximum atomic E-state index is 6.47. The molecular weight excluding hydrogens is 671 g/mol. The first-order valence-electron chi connectivity index (χ1n) is 18.5. The molecule has 11 rings (SSSR count). The van der Waals surface area contributed by atoms with Gasteiger partial charge in [0.15, 0.2) is 17.5 Å². The molecule has 0 saturated heterocycles. The summed E-state index contributed by atoms with van der Waals surface area (Å²) in [4.78, 5) is 15.6. The smallest absolute Gasteiger partial charge is 0.164 e. The lowest BCUT2D eigenvalue weighted by atomic mass is 9.92. The van der Waals surface area contributed by atoms with Gasteiger partial charge in [0.1, 0.15) is 11.2 Å². The van der Waals surface area contributed by atoms with Crippen LogP contribution in [0.1, 0.15) is 0 Å². The Labute approximate surface area is 317 Å². The van der Waals surface area contributed by atoms with Gasteiger partial charge in [0.2, 0.25) is 0 Å². The Morgan fingerprint density at radius 2 is 0.782 bits per heavy atom. The monoisotopic (exact) mass is 701 g/mol. The van der Waals surface area contributed by atoms with E-state index in [0.717, 1.165) is 76.7 Å². The van der Waals surface area contributed by atoms with Gasteiger partial charge in [-0.25, -0.2) is 15.0 Å². The van der Waals surface area contributed by atoms with Gasteiger partial charge in [0.25, 0.3) is 0 Å². The van der Waals surface area contributed by atoms with Gasteiger partial charge >= 0.3 is 0 Å². The maximum Gasteiger partial charge on any atom is 0.164 e. The summed E-state index contributed by atoms with van der Waals surface area (Å²) in [6, 6.07) is 65.7. The van der Waals surface area contributed by atoms with E-state index in [1.807, 2.05) is 18.2 Å². The third-order valence-corrected chi connectivity index (χ3v) is 10.7. The Bertz CT molecular complexity index is 3260. The zero-order chi connectivity index (χ0) is 36.3. The van der Waals surface area contributed by atoms with Crippen LogP contribution in [0.2, 0.25) is 0 Å². The minimum Gasteiger partial charge on any atom is -0.456 e. The minimum absolute atomic E-state index is 0.626. The Kier molecular flexibility index (Phi) is 7.14. The number of rotatable bonds is 5. The second-order valence-corrected chi connectivity index (χ2v) is 13.9. The fourth-order valence-electron chi connectivity index (χ4n) is 8.16. The van der Waals surface area contributed by atoms with E-state index in [1.165, 1.54) is 16.5 Å². The lowest BCUT2D eigenvalue weighted by molar-refractivity contribution is 0.669. The van der Waals surface area contributed by atoms with E-state index in [-0.39, 0.29) is 0 Å². The highest BCUT2D eigenvalue weighted by atomic mass is 16.3. The largest absolute Gasteiger partial charge is 0.456 e. The first-order valence-corrected chi connectivity index (χ1v) is 18.5. The van der Waals surface area contributed by atoms with Gasteiger partial charge in [-0.2, -0.15) is 0 Å². The first-order chi connectivity index (χ1) is 27.3. The molecule has 0 aliphatic heterocycles. The highest BCUT2D eigenvalue weighted by Gasteiger charge is 2.20. The molecular formula is C51H31N3O. The lowest BCUT2D eigenvalue weighted by Gasteiger charge is -2.15. The van der Waals surface area contributed by atoms with E-state index in [4.69, 9.17) is 19.4 Å². The van der Waals surface area contributed by atoms with Crippen LogP contribution in [0.4, 0.5) is 0 Å². The summed E-state index contributed by atoms with van der Waals surface area (Å²) in [5.41, 5.74) is 9.20. The predicted octanol–water partition coefficient (Wildman–Crippen LogP) is 13.6. The van der Waals surface area contributed by atoms with Crippen molar-refractivity contribution in [1.29, 1.82) is 0 Å². The molecule has 0 saturated carbocycles. The molecule has 0 aliphatic carbocycles. The maximum absolute atomic E-state index is 6.47. The van der Waals surface area contributed by atoms with E-state index in [1.54, 1.807) is 0 Å². The molecule has 0 fully saturated rings. The molecule has 55 heavy (non-hydrogen) atoms. The third kappa shape index (κ3) is 5.19. The van der Waals surface area contributed by atoms with Crippen molar-refractivity contribution in [1.82, 2.24) is 15.0 Å². The van der Waals surface area contributed by atoms with Crippen molar-refractivity contribution in [2.75, 3.05) is 0 Å². The second kappa shape index (κ2) is 12.6. The summed E-state index contributed by atoms with van der Waals surface area (Å²) in [6.07, 6.45) is 0. The van der Waals surface area contributed by atoms with Crippen molar-refractivity contribution < 1.29 is 4.42 Å². The number of hydrogen-bond acceptors (Lipinski definition) is 4. The fourth-order valence-corrected chi connectivity index (χ4v) is 8.16. The summed E-state index contributed by atoms with van der Waals surface area (Å²) >= 11 is 0. The Morgan fingerprint density at radius 3 is 1.44 bits per heavy atom. The predicted molar refractivity (Wildman–Crippen MR) is 227 cm³/mol. The van der Waals surface area contributed by atoms with Crippen LogP contribution in [0.15, 0.2) is 192 Å². The van der Waals surface area contributed by atoms with Crippen LogP contribution in [0.25, 0.3) is 111 Å². The summed E-state index contributed by atoms with van der Waals surface area (Å²) in [7, 11) is 0. The number of nitrogens with zero attached hydrogens (tertiary/aromatic N) is 3. The van der Waals surface area contributed by atoms with Gasteiger partial charge in [0.05, 0.1) is 0 Å². The van der Waals surface area contributed by atoms with Crippen molar-refractivity contribution in [2.24, 2.45) is 0 Å². The standard InChI is InChI=1S/C51H31N3O/c1-3-14-32(15-4-1)36-26-28-43(39-22-11-9-20-37(36)39)50-52-49(33-16-5-2-6-17-33)53-51(54-50)44-29-27-41(38-21-10-12-23-40(38)44)42-24-13-25-46-48(42)45-30-34-18-7-8-19-35(34)31-47(45)55-46/h1-31H. The minimum atomic E-state index is 0.626. The molecule has 256 valence electrons. The number of furan rings is 1. The third-order valence-electron chi connectivity index (χ3n) is 10.7. The SMILES string of the molecule is c1ccc(-c2nc(-c3ccc(-c4ccccc4)c4ccccc34)nc(-c3ccc(-c4cccc5oc6cc7ccccc7cc6c45)c4ccccc34)n2)cc1. The molecule has 0 aliphatic rings. The van der Waals surface area contributed by atoms with E-state index in [9.17, 15) is 0 Å². The molecule has 2 aromatic heterocycles. The van der Waals surface area contributed by atoms with Crippen molar-refractivity contribution in [3.05, 3.63) is 188 Å². The Hall–Kier alpha value is -7.43. The Balaban J connectivity index is 1.13. The number of fused-ring (bicyclic) bond motifs is 6. The molecule has 0 atom stereocenters. The average Bonchev–Trinajstić information content (AvgIpc) is 3.63. The highest BCUT2D eigenvalue weighted by Crippen LogP contribution is 2.43. The average molecular weight is 702 g/mol. The van der Waals surface area contributed by atoms with Gasteiger partial charge in [-0.1, -0.05) is 158 Å². The zero-order valence-corrected chi connectivity index (χ0v) is 29.6. The summed E-state index contributed by atoms with van der Waals surface area (Å²) in [5, 5.41) is 9.00. The van der Waals surface area contributed by atoms with E-state index in [0.29, 0.717) is 17.5 Å². The molecule has 11 aromatic rings. The van der Waals surface area contributed by atoms with Crippen molar-refractivity contribution >= 4 is 54.3 Å². The second-order valence-electron chi connectivity index (χ2n) is 13.9. The summed E-state index contributed by atoms with van der Waals surface area (Å²) in [5.74, 6) is 1.89. The molecule has 0 spiro atoms. The van der Waals surface area contributed by atoms with Crippen LogP contribution >= 0.6 is 0 Å². The van der Waals surface area contributed by atoms with Crippen LogP contribution in [0.3, 0.4) is 0 Å². The number of benzene rings is 9. The first kappa shape index (κ1) is 31.1. The van der Waals surface area contributed by atoms with Crippen molar-refractivity contribution in [3.8, 4) is 56.4 Å². The van der Waals surface area contributed by atoms with Gasteiger partial charge in [-0.15, -0.1) is 0 Å². The Morgan fingerprint density at radius 1 is 0.291 bits per heavy atom. The van der Waals surface area contributed by atoms with Crippen molar-refractivity contribution in [2.45, 2.75) is 0 Å². The highest BCUT2D eigenvalue weighted by molar-refractivity contribution is 6.18. The molecule has 4 heteroatoms. The molecule has 2 heterocycles. The topological polar surface area (TPSA) is 51.8 Å². The molecule has 0 N–H and O–H groups in total. The number of aromatic nitrogens is 3. The molecule has 0 amide bonds. The molecule has 4 nitrogen and oxygen atoms in total. The van der Waals surface area contributed by atoms with Crippen LogP contribution in [0, 0.1) is 0 Å². The molecule has 9 aromatic carbocycles. The zero-order valence-electron chi connectivity index (χ0n) is 29.6. The fraction of sp³-hybridized carbons (Fsp3) is 0. The van der Waals surface area contributed by atoms with Gasteiger partial charge in [0, 0.05) is 27.5 Å². The summed E-state index contributed by atoms with van der Waals surface area (Å²) < 4.78 is 6.47. The molecule has 0 bridgehead atoms. The van der Waals surface area contributed by atoms with Gasteiger partial charge < -0.3 is 4.42 Å². The van der Waals surface area contributed by atoms with E-state index < -0.39 is 0 Å². The van der Waals surface area contributed by atoms with Crippen LogP contribution in [-0.4, -0.2) is 15.0 Å². The lowest BCUT2D eigenvalue weighted by Crippen LogP contribution is -2.01. The number of hydrogen-bond donors (Lipinski definition) is 0. The van der Waals surface area contributed by atoms with Gasteiger partial charge in [-0.05, 0) is 84.9 Å². The van der Waals surface area contributed by atoms with E-state index >= 15 is 0 Å². The van der Waals surface area contributed by atoms with Gasteiger partial charge in [-0.3, -0.25) is 0 Å². The van der Waals surface area contributed by atoms with Crippen LogP contribution in [0.5, 0.6) is 0 Å². The van der Waals surface area contributed by atoms with Crippen LogP contribution < -0.4 is 0 Å². The molecule has 0 unspecified atom stereocenters. The quantitative estimate of drug-likeness (QED) is 0.179. The van der Waals surface area contributed by atoms with Crippen LogP contribution in [-0.2, 0) is 0 Å².